The Morgan fingerprint density at radius 1 is 0.585 bits per heavy atom. The Morgan fingerprint density at radius 2 is 0.951 bits per heavy atom. The Morgan fingerprint density at radius 3 is 1.29 bits per heavy atom. The lowest BCUT2D eigenvalue weighted by molar-refractivity contribution is -0.134. The fourth-order valence-electron chi connectivity index (χ4n) is 4.51. The zero-order chi connectivity index (χ0) is 31.7. The number of aldehydes is 1. The van der Waals surface area contributed by atoms with E-state index < -0.39 is 53.8 Å². The molecule has 8 N–H and O–H groups in total. The number of carbonyl (C=O) groups excluding carboxylic acids is 5. The van der Waals surface area contributed by atoms with E-state index in [2.05, 4.69) is 21.3 Å². The third kappa shape index (κ3) is 17.1. The minimum absolute atomic E-state index is 0.0584. The van der Waals surface area contributed by atoms with Crippen LogP contribution in [-0.4, -0.2) is 66.7 Å². The third-order valence-electron chi connectivity index (χ3n) is 6.54. The van der Waals surface area contributed by atoms with E-state index in [0.29, 0.717) is 51.4 Å². The van der Waals surface area contributed by atoms with Gasteiger partial charge in [0.2, 0.25) is 23.6 Å². The van der Waals surface area contributed by atoms with E-state index in [1.165, 1.54) is 0 Å². The molecule has 0 aromatic rings. The quantitative estimate of drug-likeness (QED) is 0.0879. The van der Waals surface area contributed by atoms with Crippen molar-refractivity contribution in [2.24, 2.45) is 35.1 Å². The highest BCUT2D eigenvalue weighted by Gasteiger charge is 2.32. The molecule has 0 aliphatic heterocycles. The zero-order valence-corrected chi connectivity index (χ0v) is 26.6. The number of hydrogen-bond donors (Lipinski definition) is 6. The maximum Gasteiger partial charge on any atom is 0.243 e. The first-order valence-corrected chi connectivity index (χ1v) is 15.2. The van der Waals surface area contributed by atoms with E-state index in [9.17, 15) is 24.0 Å². The predicted molar refractivity (Wildman–Crippen MR) is 162 cm³/mol. The molecule has 0 rings (SSSR count). The van der Waals surface area contributed by atoms with Crippen LogP contribution in [0.3, 0.4) is 0 Å². The van der Waals surface area contributed by atoms with Gasteiger partial charge < -0.3 is 37.5 Å². The van der Waals surface area contributed by atoms with E-state index in [0.717, 1.165) is 6.42 Å². The van der Waals surface area contributed by atoms with Crippen molar-refractivity contribution in [3.05, 3.63) is 0 Å². The normalized spacial score (nSPS) is 15.3. The summed E-state index contributed by atoms with van der Waals surface area (Å²) in [6.07, 6.45) is 4.18. The van der Waals surface area contributed by atoms with Gasteiger partial charge in [-0.2, -0.15) is 0 Å². The van der Waals surface area contributed by atoms with Crippen molar-refractivity contribution in [1.29, 1.82) is 0 Å². The van der Waals surface area contributed by atoms with Gasteiger partial charge in [-0.15, -0.1) is 0 Å². The van der Waals surface area contributed by atoms with Crippen molar-refractivity contribution in [3.63, 3.8) is 0 Å². The van der Waals surface area contributed by atoms with E-state index in [1.54, 1.807) is 0 Å². The van der Waals surface area contributed by atoms with Gasteiger partial charge in [-0.1, -0.05) is 61.8 Å². The van der Waals surface area contributed by atoms with Crippen molar-refractivity contribution in [2.75, 3.05) is 6.54 Å². The average Bonchev–Trinajstić information content (AvgIpc) is 2.85. The Hall–Kier alpha value is -2.53. The first kappa shape index (κ1) is 38.5. The SMILES string of the molecule is CC(C)C[C@@H](C=O)NC(=O)[C@H](CC(C)C)NC(=O)[C@H](CC(C)C)NC(=O)[C@H](CC(C)C)NC(=O)[C@@H](N)CCCCN. The zero-order valence-electron chi connectivity index (χ0n) is 26.6. The topological polar surface area (TPSA) is 186 Å². The number of carbonyl (C=O) groups is 5. The molecule has 0 heterocycles. The Balaban J connectivity index is 5.73. The van der Waals surface area contributed by atoms with Gasteiger partial charge in [-0.25, -0.2) is 0 Å². The summed E-state index contributed by atoms with van der Waals surface area (Å²) in [7, 11) is 0. The van der Waals surface area contributed by atoms with Crippen LogP contribution < -0.4 is 32.7 Å². The first-order chi connectivity index (χ1) is 19.1. The highest BCUT2D eigenvalue weighted by molar-refractivity contribution is 5.95. The van der Waals surface area contributed by atoms with Crippen LogP contribution in [0.2, 0.25) is 0 Å². The van der Waals surface area contributed by atoms with Gasteiger partial charge in [0.15, 0.2) is 0 Å². The van der Waals surface area contributed by atoms with Crippen molar-refractivity contribution >= 4 is 29.9 Å². The van der Waals surface area contributed by atoms with Crippen LogP contribution in [0.1, 0.15) is 100 Å². The molecule has 0 saturated carbocycles. The van der Waals surface area contributed by atoms with Gasteiger partial charge in [0, 0.05) is 0 Å². The Labute approximate surface area is 247 Å². The molecule has 5 atom stereocenters. The van der Waals surface area contributed by atoms with E-state index in [4.69, 9.17) is 11.5 Å². The smallest absolute Gasteiger partial charge is 0.243 e. The molecule has 0 bridgehead atoms. The standard InChI is InChI=1S/C30H58N6O5/c1-18(2)13-22(17-37)33-28(39)24(14-19(3)4)35-30(41)26(16-21(7)8)36-29(40)25(15-20(5)6)34-27(38)23(32)11-9-10-12-31/h17-26H,9-16,31-32H2,1-8H3,(H,33,39)(H,34,38)(H,35,41)(H,36,40)/t22-,23-,24-,25-,26-/m0/s1. The Bertz CT molecular complexity index is 817. The van der Waals surface area contributed by atoms with Crippen LogP contribution in [0.25, 0.3) is 0 Å². The average molecular weight is 583 g/mol. The Kier molecular flexibility index (Phi) is 19.1. The molecule has 0 saturated heterocycles. The van der Waals surface area contributed by atoms with Gasteiger partial charge in [0.05, 0.1) is 12.1 Å². The highest BCUT2D eigenvalue weighted by atomic mass is 16.2. The molecule has 0 fully saturated rings. The monoisotopic (exact) mass is 582 g/mol. The number of nitrogens with one attached hydrogen (secondary N) is 4. The number of rotatable bonds is 21. The van der Waals surface area contributed by atoms with Crippen LogP contribution in [0.15, 0.2) is 0 Å². The van der Waals surface area contributed by atoms with Gasteiger partial charge in [0.1, 0.15) is 24.4 Å². The van der Waals surface area contributed by atoms with E-state index >= 15 is 0 Å². The summed E-state index contributed by atoms with van der Waals surface area (Å²) >= 11 is 0. The molecule has 0 aliphatic rings. The molecule has 0 aromatic carbocycles. The number of unbranched alkanes of at least 4 members (excludes halogenated alkanes) is 1. The van der Waals surface area contributed by atoms with E-state index in [1.807, 2.05) is 55.4 Å². The molecule has 11 nitrogen and oxygen atoms in total. The highest BCUT2D eigenvalue weighted by Crippen LogP contribution is 2.12. The minimum atomic E-state index is -0.924. The van der Waals surface area contributed by atoms with Crippen LogP contribution >= 0.6 is 0 Å². The van der Waals surface area contributed by atoms with Crippen molar-refractivity contribution in [3.8, 4) is 0 Å². The summed E-state index contributed by atoms with van der Waals surface area (Å²) in [5.74, 6) is -1.40. The molecular formula is C30H58N6O5. The molecule has 4 amide bonds. The van der Waals surface area contributed by atoms with Crippen molar-refractivity contribution < 1.29 is 24.0 Å². The molecule has 0 aromatic heterocycles. The van der Waals surface area contributed by atoms with Crippen LogP contribution in [0.4, 0.5) is 0 Å². The first-order valence-electron chi connectivity index (χ1n) is 15.2. The predicted octanol–water partition coefficient (Wildman–Crippen LogP) is 1.77. The summed E-state index contributed by atoms with van der Waals surface area (Å²) in [4.78, 5) is 64.2. The molecule has 41 heavy (non-hydrogen) atoms. The van der Waals surface area contributed by atoms with Crippen LogP contribution in [0, 0.1) is 23.7 Å². The lowest BCUT2D eigenvalue weighted by Gasteiger charge is -2.28. The molecule has 238 valence electrons. The second-order valence-electron chi connectivity index (χ2n) is 12.8. The maximum atomic E-state index is 13.5. The van der Waals surface area contributed by atoms with Crippen LogP contribution in [0.5, 0.6) is 0 Å². The largest absolute Gasteiger partial charge is 0.345 e. The minimum Gasteiger partial charge on any atom is -0.345 e. The molecule has 0 radical (unpaired) electrons. The lowest BCUT2D eigenvalue weighted by Crippen LogP contribution is -2.58. The molecule has 0 aliphatic carbocycles. The van der Waals surface area contributed by atoms with Crippen LogP contribution in [-0.2, 0) is 24.0 Å². The van der Waals surface area contributed by atoms with Gasteiger partial charge in [-0.05, 0) is 68.7 Å². The van der Waals surface area contributed by atoms with E-state index in [-0.39, 0.29) is 23.7 Å². The third-order valence-corrected chi connectivity index (χ3v) is 6.54. The molecule has 0 unspecified atom stereocenters. The summed E-state index contributed by atoms with van der Waals surface area (Å²) < 4.78 is 0. The van der Waals surface area contributed by atoms with Gasteiger partial charge in [-0.3, -0.25) is 19.2 Å². The van der Waals surface area contributed by atoms with Gasteiger partial charge >= 0.3 is 0 Å². The second-order valence-corrected chi connectivity index (χ2v) is 12.8. The maximum absolute atomic E-state index is 13.5. The van der Waals surface area contributed by atoms with Crippen molar-refractivity contribution in [1.82, 2.24) is 21.3 Å². The summed E-state index contributed by atoms with van der Waals surface area (Å²) in [6.45, 7) is 16.0. The lowest BCUT2D eigenvalue weighted by atomic mass is 9.98. The molecule has 11 heteroatoms. The number of nitrogens with two attached hydrogens (primary N) is 2. The van der Waals surface area contributed by atoms with Gasteiger partial charge in [0.25, 0.3) is 0 Å². The second kappa shape index (κ2) is 20.4. The fourth-order valence-corrected chi connectivity index (χ4v) is 4.51. The summed E-state index contributed by atoms with van der Waals surface area (Å²) in [5.41, 5.74) is 11.6. The summed E-state index contributed by atoms with van der Waals surface area (Å²) in [6, 6.07) is -4.08. The van der Waals surface area contributed by atoms with Crippen molar-refractivity contribution in [2.45, 2.75) is 131 Å². The molecular weight excluding hydrogens is 524 g/mol. The summed E-state index contributed by atoms with van der Waals surface area (Å²) in [5, 5.41) is 11.1. The number of hydrogen-bond acceptors (Lipinski definition) is 7. The molecule has 0 spiro atoms. The fraction of sp³-hybridized carbons (Fsp3) is 0.833. The number of amides is 4.